The van der Waals surface area contributed by atoms with Crippen molar-refractivity contribution in [2.24, 2.45) is 0 Å². The monoisotopic (exact) mass is 394 g/mol. The fraction of sp³-hybridized carbons (Fsp3) is 0.520. The van der Waals surface area contributed by atoms with Crippen molar-refractivity contribution in [1.29, 1.82) is 0 Å². The zero-order valence-electron chi connectivity index (χ0n) is 17.8. The molecule has 0 radical (unpaired) electrons. The van der Waals surface area contributed by atoms with E-state index in [1.54, 1.807) is 7.11 Å². The van der Waals surface area contributed by atoms with E-state index in [1.165, 1.54) is 24.1 Å². The topological polar surface area (TPSA) is 24.9 Å². The van der Waals surface area contributed by atoms with Crippen LogP contribution in [-0.2, 0) is 6.42 Å². The van der Waals surface area contributed by atoms with Crippen LogP contribution in [0.3, 0.4) is 0 Å². The summed E-state index contributed by atoms with van der Waals surface area (Å²) in [5.41, 5.74) is 2.66. The molecule has 1 aliphatic heterocycles. The van der Waals surface area contributed by atoms with Gasteiger partial charge in [-0.1, -0.05) is 37.3 Å². The molecule has 1 saturated carbocycles. The second kappa shape index (κ2) is 9.53. The Labute approximate surface area is 175 Å². The Morgan fingerprint density at radius 1 is 0.966 bits per heavy atom. The van der Waals surface area contributed by atoms with Crippen LogP contribution in [0.4, 0.5) is 5.69 Å². The lowest BCUT2D eigenvalue weighted by molar-refractivity contribution is 0.184. The van der Waals surface area contributed by atoms with Gasteiger partial charge in [0.2, 0.25) is 0 Å². The molecule has 4 heteroatoms. The number of ether oxygens (including phenoxy) is 2. The van der Waals surface area contributed by atoms with Gasteiger partial charge in [0.05, 0.1) is 13.2 Å². The summed E-state index contributed by atoms with van der Waals surface area (Å²) in [6.45, 7) is 6.56. The smallest absolute Gasteiger partial charge is 0.163 e. The third kappa shape index (κ3) is 4.87. The highest BCUT2D eigenvalue weighted by Crippen LogP contribution is 2.35. The van der Waals surface area contributed by atoms with E-state index in [1.807, 2.05) is 0 Å². The van der Waals surface area contributed by atoms with E-state index in [0.717, 1.165) is 56.9 Å². The third-order valence-corrected chi connectivity index (χ3v) is 6.43. The molecule has 1 atom stereocenters. The third-order valence-electron chi connectivity index (χ3n) is 6.43. The van der Waals surface area contributed by atoms with E-state index in [-0.39, 0.29) is 0 Å². The molecule has 29 heavy (non-hydrogen) atoms. The number of likely N-dealkylation sites (N-methyl/N-ethyl adjacent to an activating group) is 1. The second-order valence-corrected chi connectivity index (χ2v) is 8.28. The van der Waals surface area contributed by atoms with Crippen LogP contribution in [0.15, 0.2) is 48.5 Å². The minimum atomic E-state index is 0.335. The molecule has 1 saturated heterocycles. The average Bonchev–Trinajstić information content (AvgIpc) is 3.27. The number of piperazine rings is 1. The van der Waals surface area contributed by atoms with Gasteiger partial charge < -0.3 is 14.4 Å². The predicted octanol–water partition coefficient (Wildman–Crippen LogP) is 4.77. The first-order valence-corrected chi connectivity index (χ1v) is 11.1. The Hall–Kier alpha value is -2.20. The largest absolute Gasteiger partial charge is 0.493 e. The van der Waals surface area contributed by atoms with Crippen LogP contribution in [0.2, 0.25) is 0 Å². The van der Waals surface area contributed by atoms with Crippen molar-refractivity contribution in [3.8, 4) is 11.5 Å². The minimum absolute atomic E-state index is 0.335. The predicted molar refractivity (Wildman–Crippen MR) is 119 cm³/mol. The summed E-state index contributed by atoms with van der Waals surface area (Å²) in [5, 5.41) is 0. The SMILES string of the molecule is CCN1CCN(c2ccc(OC)c(OC3CCCC3)c2)CC1Cc1ccccc1. The molecular weight excluding hydrogens is 360 g/mol. The molecule has 0 aromatic heterocycles. The molecule has 1 unspecified atom stereocenters. The number of benzene rings is 2. The molecule has 4 nitrogen and oxygen atoms in total. The van der Waals surface area contributed by atoms with Gasteiger partial charge in [-0.25, -0.2) is 0 Å². The Bertz CT molecular complexity index is 774. The van der Waals surface area contributed by atoms with Gasteiger partial charge in [-0.3, -0.25) is 4.90 Å². The van der Waals surface area contributed by atoms with Gasteiger partial charge in [-0.2, -0.15) is 0 Å². The lowest BCUT2D eigenvalue weighted by Crippen LogP contribution is -2.54. The molecule has 4 rings (SSSR count). The Balaban J connectivity index is 1.50. The number of hydrogen-bond donors (Lipinski definition) is 0. The average molecular weight is 395 g/mol. The first-order valence-electron chi connectivity index (χ1n) is 11.1. The standard InChI is InChI=1S/C25H34N2O2/c1-3-26-15-16-27(19-22(26)17-20-9-5-4-6-10-20)21-13-14-24(28-2)25(18-21)29-23-11-7-8-12-23/h4-6,9-10,13-14,18,22-23H,3,7-8,11-12,15-17,19H2,1-2H3. The molecule has 1 aliphatic carbocycles. The Kier molecular flexibility index (Phi) is 6.60. The van der Waals surface area contributed by atoms with Crippen LogP contribution < -0.4 is 14.4 Å². The van der Waals surface area contributed by atoms with Crippen molar-refractivity contribution in [3.05, 3.63) is 54.1 Å². The maximum Gasteiger partial charge on any atom is 0.163 e. The molecule has 0 N–H and O–H groups in total. The summed E-state index contributed by atoms with van der Waals surface area (Å²) in [6.07, 6.45) is 6.28. The molecule has 0 spiro atoms. The molecule has 1 heterocycles. The molecule has 2 fully saturated rings. The molecule has 156 valence electrons. The van der Waals surface area contributed by atoms with Crippen molar-refractivity contribution >= 4 is 5.69 Å². The lowest BCUT2D eigenvalue weighted by atomic mass is 10.0. The van der Waals surface area contributed by atoms with E-state index >= 15 is 0 Å². The lowest BCUT2D eigenvalue weighted by Gasteiger charge is -2.42. The van der Waals surface area contributed by atoms with Crippen molar-refractivity contribution in [2.75, 3.05) is 38.2 Å². The number of methoxy groups -OCH3 is 1. The van der Waals surface area contributed by atoms with E-state index in [9.17, 15) is 0 Å². The highest BCUT2D eigenvalue weighted by atomic mass is 16.5. The van der Waals surface area contributed by atoms with Crippen molar-refractivity contribution in [3.63, 3.8) is 0 Å². The van der Waals surface area contributed by atoms with Crippen LogP contribution in [0.1, 0.15) is 38.2 Å². The zero-order chi connectivity index (χ0) is 20.1. The molecule has 2 aliphatic rings. The Morgan fingerprint density at radius 2 is 1.76 bits per heavy atom. The van der Waals surface area contributed by atoms with Crippen molar-refractivity contribution in [2.45, 2.75) is 51.2 Å². The molecule has 0 amide bonds. The summed E-state index contributed by atoms with van der Waals surface area (Å²) < 4.78 is 11.9. The zero-order valence-corrected chi connectivity index (χ0v) is 17.8. The normalized spacial score (nSPS) is 20.8. The van der Waals surface area contributed by atoms with Gasteiger partial charge in [-0.05, 0) is 56.3 Å². The fourth-order valence-corrected chi connectivity index (χ4v) is 4.76. The summed E-state index contributed by atoms with van der Waals surface area (Å²) in [7, 11) is 1.73. The van der Waals surface area contributed by atoms with Crippen molar-refractivity contribution < 1.29 is 9.47 Å². The van der Waals surface area contributed by atoms with Gasteiger partial charge in [0.15, 0.2) is 11.5 Å². The maximum atomic E-state index is 6.33. The van der Waals surface area contributed by atoms with Crippen LogP contribution >= 0.6 is 0 Å². The fourth-order valence-electron chi connectivity index (χ4n) is 4.76. The van der Waals surface area contributed by atoms with Gasteiger partial charge in [0.1, 0.15) is 0 Å². The van der Waals surface area contributed by atoms with Crippen LogP contribution in [-0.4, -0.2) is 50.3 Å². The number of hydrogen-bond acceptors (Lipinski definition) is 4. The Morgan fingerprint density at radius 3 is 2.48 bits per heavy atom. The summed E-state index contributed by atoms with van der Waals surface area (Å²) in [5.74, 6) is 1.74. The molecule has 2 aromatic rings. The van der Waals surface area contributed by atoms with Crippen LogP contribution in [0.25, 0.3) is 0 Å². The highest BCUT2D eigenvalue weighted by Gasteiger charge is 2.27. The molecule has 2 aromatic carbocycles. The molecular formula is C25H34N2O2. The second-order valence-electron chi connectivity index (χ2n) is 8.28. The summed E-state index contributed by atoms with van der Waals surface area (Å²) >= 11 is 0. The summed E-state index contributed by atoms with van der Waals surface area (Å²) in [6, 6.07) is 17.8. The first-order chi connectivity index (χ1) is 14.3. The number of nitrogens with zero attached hydrogens (tertiary/aromatic N) is 2. The quantitative estimate of drug-likeness (QED) is 0.675. The first kappa shape index (κ1) is 20.1. The van der Waals surface area contributed by atoms with Gasteiger partial charge >= 0.3 is 0 Å². The van der Waals surface area contributed by atoms with E-state index in [0.29, 0.717) is 12.1 Å². The number of anilines is 1. The van der Waals surface area contributed by atoms with Crippen LogP contribution in [0.5, 0.6) is 11.5 Å². The van der Waals surface area contributed by atoms with Gasteiger partial charge in [0, 0.05) is 37.4 Å². The van der Waals surface area contributed by atoms with E-state index in [4.69, 9.17) is 9.47 Å². The summed E-state index contributed by atoms with van der Waals surface area (Å²) in [4.78, 5) is 5.13. The van der Waals surface area contributed by atoms with Gasteiger partial charge in [0.25, 0.3) is 0 Å². The minimum Gasteiger partial charge on any atom is -0.493 e. The highest BCUT2D eigenvalue weighted by molar-refractivity contribution is 5.57. The number of rotatable bonds is 7. The van der Waals surface area contributed by atoms with E-state index in [2.05, 4.69) is 65.3 Å². The van der Waals surface area contributed by atoms with E-state index < -0.39 is 0 Å². The van der Waals surface area contributed by atoms with Crippen molar-refractivity contribution in [1.82, 2.24) is 4.90 Å². The molecule has 0 bridgehead atoms. The van der Waals surface area contributed by atoms with Gasteiger partial charge in [-0.15, -0.1) is 0 Å². The maximum absolute atomic E-state index is 6.33. The van der Waals surface area contributed by atoms with Crippen LogP contribution in [0, 0.1) is 0 Å².